The molecule has 0 aliphatic carbocycles. The summed E-state index contributed by atoms with van der Waals surface area (Å²) in [4.78, 5) is 22.7. The molecule has 1 aromatic rings. The molecule has 7 nitrogen and oxygen atoms in total. The van der Waals surface area contributed by atoms with E-state index in [0.717, 1.165) is 24.2 Å². The van der Waals surface area contributed by atoms with E-state index in [1.54, 1.807) is 0 Å². The molecule has 0 heterocycles. The van der Waals surface area contributed by atoms with Crippen LogP contribution in [-0.2, 0) is 25.0 Å². The molecule has 0 aliphatic rings. The van der Waals surface area contributed by atoms with Crippen LogP contribution >= 0.6 is 8.60 Å². The summed E-state index contributed by atoms with van der Waals surface area (Å²) in [7, 11) is 1.82. The summed E-state index contributed by atoms with van der Waals surface area (Å²) in [5.74, 6) is 0.801. The Morgan fingerprint density at radius 3 is 2.00 bits per heavy atom. The first kappa shape index (κ1) is 34.8. The highest BCUT2D eigenvalue weighted by Gasteiger charge is 2.16. The SMILES string of the molecule is CCCCCCCCCCCCCCCCc1ccccc1OCC(COP(O)OCCN(C)C)OC=O. The largest absolute Gasteiger partial charge is 0.489 e. The van der Waals surface area contributed by atoms with Gasteiger partial charge in [0, 0.05) is 6.54 Å². The molecular weight excluding hydrogens is 501 g/mol. The van der Waals surface area contributed by atoms with E-state index in [1.165, 1.54) is 83.5 Å². The second-order valence-corrected chi connectivity index (χ2v) is 11.3. The van der Waals surface area contributed by atoms with Crippen molar-refractivity contribution in [1.82, 2.24) is 4.90 Å². The molecule has 2 unspecified atom stereocenters. The number of benzene rings is 1. The van der Waals surface area contributed by atoms with Crippen LogP contribution in [0.2, 0.25) is 0 Å². The lowest BCUT2D eigenvalue weighted by atomic mass is 10.0. The fraction of sp³-hybridized carbons (Fsp3) is 0.767. The van der Waals surface area contributed by atoms with Crippen molar-refractivity contribution in [3.05, 3.63) is 29.8 Å². The highest BCUT2D eigenvalue weighted by Crippen LogP contribution is 2.32. The van der Waals surface area contributed by atoms with Crippen LogP contribution in [-0.4, -0.2) is 62.8 Å². The molecule has 1 N–H and O–H groups in total. The summed E-state index contributed by atoms with van der Waals surface area (Å²) in [5.41, 5.74) is 1.16. The maximum Gasteiger partial charge on any atom is 0.330 e. The van der Waals surface area contributed by atoms with Crippen LogP contribution in [0.5, 0.6) is 5.75 Å². The third-order valence-corrected chi connectivity index (χ3v) is 7.33. The van der Waals surface area contributed by atoms with Gasteiger partial charge in [0.15, 0.2) is 6.10 Å². The van der Waals surface area contributed by atoms with Crippen LogP contribution < -0.4 is 4.74 Å². The van der Waals surface area contributed by atoms with Crippen LogP contribution in [0.15, 0.2) is 24.3 Å². The lowest BCUT2D eigenvalue weighted by Gasteiger charge is -2.19. The molecule has 0 bridgehead atoms. The number of aryl methyl sites for hydroxylation is 1. The van der Waals surface area contributed by atoms with E-state index < -0.39 is 14.7 Å². The number of unbranched alkanes of at least 4 members (excludes halogenated alkanes) is 13. The van der Waals surface area contributed by atoms with Gasteiger partial charge in [0.1, 0.15) is 12.4 Å². The number of carbonyl (C=O) groups excluding carboxylic acids is 1. The van der Waals surface area contributed by atoms with Crippen molar-refractivity contribution in [1.29, 1.82) is 0 Å². The molecule has 0 aliphatic heterocycles. The maximum absolute atomic E-state index is 10.9. The van der Waals surface area contributed by atoms with E-state index >= 15 is 0 Å². The Morgan fingerprint density at radius 2 is 1.42 bits per heavy atom. The van der Waals surface area contributed by atoms with Gasteiger partial charge >= 0.3 is 8.60 Å². The summed E-state index contributed by atoms with van der Waals surface area (Å²) in [6.07, 6.45) is 19.2. The first-order valence-electron chi connectivity index (χ1n) is 14.8. The number of hydrogen-bond acceptors (Lipinski definition) is 7. The van der Waals surface area contributed by atoms with Crippen molar-refractivity contribution in [2.45, 2.75) is 109 Å². The fourth-order valence-electron chi connectivity index (χ4n) is 4.23. The Bertz CT molecular complexity index is 678. The van der Waals surface area contributed by atoms with Crippen molar-refractivity contribution < 1.29 is 28.2 Å². The average molecular weight is 556 g/mol. The highest BCUT2D eigenvalue weighted by atomic mass is 31.2. The third-order valence-electron chi connectivity index (χ3n) is 6.56. The molecule has 38 heavy (non-hydrogen) atoms. The molecule has 1 rings (SSSR count). The zero-order valence-corrected chi connectivity index (χ0v) is 25.2. The van der Waals surface area contributed by atoms with E-state index in [9.17, 15) is 9.69 Å². The Morgan fingerprint density at radius 1 is 0.842 bits per heavy atom. The van der Waals surface area contributed by atoms with Crippen molar-refractivity contribution in [3.63, 3.8) is 0 Å². The first-order chi connectivity index (χ1) is 18.6. The Hall–Kier alpha value is -1.24. The van der Waals surface area contributed by atoms with E-state index in [1.807, 2.05) is 37.2 Å². The summed E-state index contributed by atoms with van der Waals surface area (Å²) >= 11 is 0. The maximum atomic E-state index is 10.9. The van der Waals surface area contributed by atoms with Crippen LogP contribution in [0.25, 0.3) is 0 Å². The number of hydrogen-bond donors (Lipinski definition) is 1. The predicted octanol–water partition coefficient (Wildman–Crippen LogP) is 7.44. The lowest BCUT2D eigenvalue weighted by molar-refractivity contribution is -0.136. The van der Waals surface area contributed by atoms with Gasteiger partial charge in [-0.2, -0.15) is 0 Å². The van der Waals surface area contributed by atoms with E-state index in [-0.39, 0.29) is 13.2 Å². The Balaban J connectivity index is 2.20. The molecule has 8 heteroatoms. The molecule has 0 radical (unpaired) electrons. The third kappa shape index (κ3) is 19.8. The summed E-state index contributed by atoms with van der Waals surface area (Å²) in [5, 5.41) is 0. The molecule has 0 aromatic heterocycles. The van der Waals surface area contributed by atoms with Crippen molar-refractivity contribution in [2.75, 3.05) is 40.5 Å². The smallest absolute Gasteiger partial charge is 0.330 e. The predicted molar refractivity (Wildman–Crippen MR) is 156 cm³/mol. The number of para-hydroxylation sites is 1. The molecule has 0 amide bonds. The molecule has 0 spiro atoms. The van der Waals surface area contributed by atoms with Crippen molar-refractivity contribution >= 4 is 15.1 Å². The number of carbonyl (C=O) groups is 1. The molecule has 0 fully saturated rings. The summed E-state index contributed by atoms with van der Waals surface area (Å²) in [6, 6.07) is 8.01. The van der Waals surface area contributed by atoms with E-state index in [4.69, 9.17) is 18.5 Å². The molecular formula is C30H54NO6P. The second-order valence-electron chi connectivity index (χ2n) is 10.3. The first-order valence-corrected chi connectivity index (χ1v) is 15.9. The van der Waals surface area contributed by atoms with Gasteiger partial charge in [-0.3, -0.25) is 4.79 Å². The highest BCUT2D eigenvalue weighted by molar-refractivity contribution is 7.40. The average Bonchev–Trinajstić information content (AvgIpc) is 2.90. The van der Waals surface area contributed by atoms with Gasteiger partial charge in [0.05, 0.1) is 13.2 Å². The number of likely N-dealkylation sites (N-methyl/N-ethyl adjacent to an activating group) is 1. The van der Waals surface area contributed by atoms with Gasteiger partial charge in [-0.25, -0.2) is 0 Å². The van der Waals surface area contributed by atoms with Gasteiger partial charge in [-0.1, -0.05) is 109 Å². The zero-order valence-electron chi connectivity index (χ0n) is 24.3. The van der Waals surface area contributed by atoms with Gasteiger partial charge in [0.25, 0.3) is 6.47 Å². The van der Waals surface area contributed by atoms with Crippen LogP contribution in [0, 0.1) is 0 Å². The second kappa shape index (κ2) is 24.8. The van der Waals surface area contributed by atoms with Crippen LogP contribution in [0.3, 0.4) is 0 Å². The Labute approximate surface area is 233 Å². The minimum absolute atomic E-state index is 0.00400. The fourth-order valence-corrected chi connectivity index (χ4v) is 4.84. The number of nitrogens with zero attached hydrogens (tertiary/aromatic N) is 1. The molecule has 0 saturated carbocycles. The molecule has 220 valence electrons. The van der Waals surface area contributed by atoms with Gasteiger partial charge < -0.3 is 28.3 Å². The number of ether oxygens (including phenoxy) is 2. The number of rotatable bonds is 27. The van der Waals surface area contributed by atoms with E-state index in [0.29, 0.717) is 19.6 Å². The molecule has 0 saturated heterocycles. The normalized spacial score (nSPS) is 13.0. The van der Waals surface area contributed by atoms with Gasteiger partial charge in [-0.05, 0) is 38.6 Å². The van der Waals surface area contributed by atoms with Crippen molar-refractivity contribution in [3.8, 4) is 5.75 Å². The van der Waals surface area contributed by atoms with Gasteiger partial charge in [0.2, 0.25) is 0 Å². The topological polar surface area (TPSA) is 77.5 Å². The quantitative estimate of drug-likeness (QED) is 0.0686. The zero-order chi connectivity index (χ0) is 27.7. The monoisotopic (exact) mass is 555 g/mol. The van der Waals surface area contributed by atoms with Crippen LogP contribution in [0.4, 0.5) is 0 Å². The van der Waals surface area contributed by atoms with E-state index in [2.05, 4.69) is 13.0 Å². The van der Waals surface area contributed by atoms with Gasteiger partial charge in [-0.15, -0.1) is 0 Å². The minimum Gasteiger partial charge on any atom is -0.489 e. The standard InChI is InChI=1S/C30H54NO6P/c1-4-5-6-7-8-9-10-11-12-13-14-15-16-17-20-28-21-18-19-22-30(28)34-25-29(35-27-32)26-37-38(33)36-24-23-31(2)3/h18-19,21-22,27,29,33H,4-17,20,23-26H2,1-3H3. The minimum atomic E-state index is -2.03. The van der Waals surface area contributed by atoms with Crippen LogP contribution in [0.1, 0.15) is 102 Å². The van der Waals surface area contributed by atoms with Crippen molar-refractivity contribution in [2.24, 2.45) is 0 Å². The molecule has 1 aromatic carbocycles. The molecule has 2 atom stereocenters. The lowest BCUT2D eigenvalue weighted by Crippen LogP contribution is -2.26. The summed E-state index contributed by atoms with van der Waals surface area (Å²) in [6.45, 7) is 3.84. The Kier molecular flexibility index (Phi) is 22.7. The summed E-state index contributed by atoms with van der Waals surface area (Å²) < 4.78 is 21.6.